The van der Waals surface area contributed by atoms with E-state index in [4.69, 9.17) is 4.74 Å². The second-order valence-corrected chi connectivity index (χ2v) is 10.2. The molecule has 0 aromatic heterocycles. The number of piperidine rings is 1. The third kappa shape index (κ3) is 8.12. The van der Waals surface area contributed by atoms with Crippen LogP contribution in [0.4, 0.5) is 4.79 Å². The number of likely N-dealkylation sites (tertiary alicyclic amines) is 1. The van der Waals surface area contributed by atoms with Crippen LogP contribution in [0.15, 0.2) is 60.7 Å². The van der Waals surface area contributed by atoms with Crippen LogP contribution in [0, 0.1) is 5.92 Å². The van der Waals surface area contributed by atoms with E-state index in [2.05, 4.69) is 5.32 Å². The van der Waals surface area contributed by atoms with Crippen molar-refractivity contribution < 1.29 is 19.1 Å². The number of benzene rings is 2. The molecule has 0 saturated carbocycles. The number of carbonyl (C=O) groups excluding carboxylic acids is 3. The summed E-state index contributed by atoms with van der Waals surface area (Å²) >= 11 is 0. The molecule has 0 aliphatic carbocycles. The van der Waals surface area contributed by atoms with Gasteiger partial charge < -0.3 is 19.9 Å². The van der Waals surface area contributed by atoms with Crippen LogP contribution in [-0.4, -0.2) is 66.0 Å². The summed E-state index contributed by atoms with van der Waals surface area (Å²) in [7, 11) is 1.73. The van der Waals surface area contributed by atoms with Gasteiger partial charge in [-0.15, -0.1) is 0 Å². The van der Waals surface area contributed by atoms with Gasteiger partial charge in [-0.3, -0.25) is 9.59 Å². The molecule has 7 heteroatoms. The van der Waals surface area contributed by atoms with E-state index < -0.39 is 11.6 Å². The van der Waals surface area contributed by atoms with Crippen molar-refractivity contribution in [3.8, 4) is 0 Å². The second kappa shape index (κ2) is 11.9. The molecule has 1 aliphatic heterocycles. The lowest BCUT2D eigenvalue weighted by molar-refractivity contribution is -0.135. The Hall–Kier alpha value is -3.35. The predicted molar refractivity (Wildman–Crippen MR) is 136 cm³/mol. The van der Waals surface area contributed by atoms with Crippen LogP contribution in [-0.2, 0) is 16.0 Å². The molecule has 1 saturated heterocycles. The Labute approximate surface area is 208 Å². The summed E-state index contributed by atoms with van der Waals surface area (Å²) in [4.78, 5) is 42.3. The first kappa shape index (κ1) is 26.3. The zero-order valence-electron chi connectivity index (χ0n) is 21.2. The zero-order valence-corrected chi connectivity index (χ0v) is 21.2. The van der Waals surface area contributed by atoms with Crippen molar-refractivity contribution in [3.63, 3.8) is 0 Å². The molecular weight excluding hydrogens is 442 g/mol. The number of rotatable bonds is 7. The lowest BCUT2D eigenvalue weighted by Gasteiger charge is -2.37. The summed E-state index contributed by atoms with van der Waals surface area (Å²) in [5, 5.41) is 2.96. The fourth-order valence-electron chi connectivity index (χ4n) is 4.32. The third-order valence-electron chi connectivity index (χ3n) is 5.99. The molecule has 0 bridgehead atoms. The number of carbonyl (C=O) groups is 3. The van der Waals surface area contributed by atoms with Gasteiger partial charge in [0.25, 0.3) is 5.91 Å². The summed E-state index contributed by atoms with van der Waals surface area (Å²) in [6.45, 7) is 7.22. The molecule has 188 valence electrons. The predicted octanol–water partition coefficient (Wildman–Crippen LogP) is 4.13. The van der Waals surface area contributed by atoms with E-state index in [0.29, 0.717) is 31.6 Å². The smallest absolute Gasteiger partial charge is 0.410 e. The molecule has 2 aromatic rings. The van der Waals surface area contributed by atoms with Gasteiger partial charge in [0.15, 0.2) is 0 Å². The number of hydrogen-bond donors (Lipinski definition) is 1. The van der Waals surface area contributed by atoms with E-state index >= 15 is 0 Å². The zero-order chi connectivity index (χ0) is 25.4. The molecule has 1 fully saturated rings. The number of nitrogens with zero attached hydrogens (tertiary/aromatic N) is 2. The Morgan fingerprint density at radius 3 is 2.31 bits per heavy atom. The SMILES string of the molecule is CN(C[C@H]1CCCN(C(=O)[C@H](Cc2ccccc2)NC(=O)c2ccccc2)C1)C(=O)OC(C)(C)C. The molecule has 7 nitrogen and oxygen atoms in total. The monoisotopic (exact) mass is 479 g/mol. The van der Waals surface area contributed by atoms with Gasteiger partial charge in [0, 0.05) is 38.7 Å². The molecule has 0 unspecified atom stereocenters. The van der Waals surface area contributed by atoms with Crippen LogP contribution < -0.4 is 5.32 Å². The van der Waals surface area contributed by atoms with Gasteiger partial charge in [-0.1, -0.05) is 48.5 Å². The standard InChI is InChI=1S/C28H37N3O4/c1-28(2,3)35-27(34)30(4)19-22-14-11-17-31(20-22)26(33)24(18-21-12-7-5-8-13-21)29-25(32)23-15-9-6-10-16-23/h5-10,12-13,15-16,22,24H,11,14,17-20H2,1-4H3,(H,29,32)/t22-,24+/m1/s1. The highest BCUT2D eigenvalue weighted by Gasteiger charge is 2.32. The maximum absolute atomic E-state index is 13.6. The lowest BCUT2D eigenvalue weighted by Crippen LogP contribution is -2.53. The van der Waals surface area contributed by atoms with Crippen molar-refractivity contribution in [1.29, 1.82) is 0 Å². The molecule has 1 aliphatic rings. The lowest BCUT2D eigenvalue weighted by atomic mass is 9.96. The molecule has 0 spiro atoms. The van der Waals surface area contributed by atoms with Crippen LogP contribution in [0.2, 0.25) is 0 Å². The molecule has 0 radical (unpaired) electrons. The van der Waals surface area contributed by atoms with Gasteiger partial charge in [-0.05, 0) is 57.2 Å². The fourth-order valence-corrected chi connectivity index (χ4v) is 4.32. The quantitative estimate of drug-likeness (QED) is 0.648. The summed E-state index contributed by atoms with van der Waals surface area (Å²) in [6.07, 6.45) is 1.83. The molecule has 3 amide bonds. The maximum Gasteiger partial charge on any atom is 0.410 e. The minimum atomic E-state index is -0.674. The van der Waals surface area contributed by atoms with Crippen molar-refractivity contribution >= 4 is 17.9 Å². The van der Waals surface area contributed by atoms with Crippen LogP contribution in [0.25, 0.3) is 0 Å². The van der Waals surface area contributed by atoms with E-state index in [1.54, 1.807) is 36.2 Å². The Morgan fingerprint density at radius 1 is 1.06 bits per heavy atom. The number of nitrogens with one attached hydrogen (secondary N) is 1. The molecule has 2 atom stereocenters. The van der Waals surface area contributed by atoms with E-state index in [0.717, 1.165) is 18.4 Å². The molecule has 2 aromatic carbocycles. The largest absolute Gasteiger partial charge is 0.444 e. The highest BCUT2D eigenvalue weighted by Crippen LogP contribution is 2.20. The summed E-state index contributed by atoms with van der Waals surface area (Å²) in [5.41, 5.74) is 0.952. The topological polar surface area (TPSA) is 79.0 Å². The highest BCUT2D eigenvalue weighted by molar-refractivity contribution is 5.97. The summed E-state index contributed by atoms with van der Waals surface area (Å²) < 4.78 is 5.46. The number of hydrogen-bond acceptors (Lipinski definition) is 4. The average molecular weight is 480 g/mol. The molecule has 35 heavy (non-hydrogen) atoms. The number of amides is 3. The Bertz CT molecular complexity index is 988. The average Bonchev–Trinajstić information content (AvgIpc) is 2.83. The Balaban J connectivity index is 1.68. The van der Waals surface area contributed by atoms with Crippen LogP contribution in [0.3, 0.4) is 0 Å². The van der Waals surface area contributed by atoms with Gasteiger partial charge in [-0.2, -0.15) is 0 Å². The first-order chi connectivity index (χ1) is 16.6. The third-order valence-corrected chi connectivity index (χ3v) is 5.99. The van der Waals surface area contributed by atoms with Crippen LogP contribution in [0.5, 0.6) is 0 Å². The van der Waals surface area contributed by atoms with Gasteiger partial charge >= 0.3 is 6.09 Å². The normalized spacial score (nSPS) is 16.8. The van der Waals surface area contributed by atoms with Gasteiger partial charge in [0.05, 0.1) is 0 Å². The highest BCUT2D eigenvalue weighted by atomic mass is 16.6. The maximum atomic E-state index is 13.6. The number of ether oxygens (including phenoxy) is 1. The van der Waals surface area contributed by atoms with Crippen molar-refractivity contribution in [3.05, 3.63) is 71.8 Å². The molecule has 1 N–H and O–H groups in total. The van der Waals surface area contributed by atoms with Crippen molar-refractivity contribution in [2.45, 2.75) is 51.7 Å². The summed E-state index contributed by atoms with van der Waals surface area (Å²) in [6, 6.07) is 18.0. The van der Waals surface area contributed by atoms with E-state index in [1.807, 2.05) is 62.1 Å². The van der Waals surface area contributed by atoms with Gasteiger partial charge in [0.1, 0.15) is 11.6 Å². The van der Waals surface area contributed by atoms with E-state index in [1.165, 1.54) is 0 Å². The minimum absolute atomic E-state index is 0.0947. The van der Waals surface area contributed by atoms with Crippen LogP contribution >= 0.6 is 0 Å². The van der Waals surface area contributed by atoms with Crippen molar-refractivity contribution in [2.75, 3.05) is 26.7 Å². The first-order valence-electron chi connectivity index (χ1n) is 12.2. The second-order valence-electron chi connectivity index (χ2n) is 10.2. The van der Waals surface area contributed by atoms with E-state index in [9.17, 15) is 14.4 Å². The van der Waals surface area contributed by atoms with E-state index in [-0.39, 0.29) is 23.8 Å². The fraction of sp³-hybridized carbons (Fsp3) is 0.464. The first-order valence-corrected chi connectivity index (χ1v) is 12.2. The van der Waals surface area contributed by atoms with Crippen LogP contribution in [0.1, 0.15) is 49.5 Å². The Morgan fingerprint density at radius 2 is 1.69 bits per heavy atom. The van der Waals surface area contributed by atoms with Crippen molar-refractivity contribution in [1.82, 2.24) is 15.1 Å². The van der Waals surface area contributed by atoms with Gasteiger partial charge in [-0.25, -0.2) is 4.79 Å². The van der Waals surface area contributed by atoms with Gasteiger partial charge in [0.2, 0.25) is 5.91 Å². The molecule has 3 rings (SSSR count). The molecule has 1 heterocycles. The summed E-state index contributed by atoms with van der Waals surface area (Å²) in [5.74, 6) is -0.215. The minimum Gasteiger partial charge on any atom is -0.444 e. The Kier molecular flexibility index (Phi) is 8.90. The molecular formula is C28H37N3O4. The van der Waals surface area contributed by atoms with Crippen molar-refractivity contribution in [2.24, 2.45) is 5.92 Å².